The van der Waals surface area contributed by atoms with Gasteiger partial charge in [0.1, 0.15) is 12.6 Å². The number of carbonyl (C=O) groups is 2. The molecule has 0 radical (unpaired) electrons. The summed E-state index contributed by atoms with van der Waals surface area (Å²) in [5, 5.41) is 2.98. The standard InChI is InChI=1S/C13H17N3O2/c1-7-4-8(2)12-9(5-7)11(15-3)13(18)16(12)6-10(14)17/h4-5,11,15H,6H2,1-3H3,(H2,14,17). The summed E-state index contributed by atoms with van der Waals surface area (Å²) in [5.41, 5.74) is 9.01. The molecular formula is C13H17N3O2. The van der Waals surface area contributed by atoms with E-state index in [1.54, 1.807) is 7.05 Å². The van der Waals surface area contributed by atoms with E-state index in [0.717, 1.165) is 22.4 Å². The quantitative estimate of drug-likeness (QED) is 0.811. The second-order valence-corrected chi connectivity index (χ2v) is 4.63. The molecule has 1 aliphatic rings. The lowest BCUT2D eigenvalue weighted by Crippen LogP contribution is -2.39. The van der Waals surface area contributed by atoms with E-state index in [2.05, 4.69) is 5.32 Å². The van der Waals surface area contributed by atoms with Gasteiger partial charge in [-0.3, -0.25) is 9.59 Å². The zero-order chi connectivity index (χ0) is 13.4. The molecule has 1 heterocycles. The molecular weight excluding hydrogens is 230 g/mol. The van der Waals surface area contributed by atoms with Gasteiger partial charge in [0.05, 0.1) is 5.69 Å². The number of hydrogen-bond donors (Lipinski definition) is 2. The number of carbonyl (C=O) groups excluding carboxylic acids is 2. The zero-order valence-corrected chi connectivity index (χ0v) is 10.8. The van der Waals surface area contributed by atoms with Crippen LogP contribution in [0.25, 0.3) is 0 Å². The van der Waals surface area contributed by atoms with Gasteiger partial charge in [0.25, 0.3) is 0 Å². The van der Waals surface area contributed by atoms with E-state index in [-0.39, 0.29) is 12.5 Å². The molecule has 1 unspecified atom stereocenters. The van der Waals surface area contributed by atoms with E-state index in [0.29, 0.717) is 0 Å². The minimum atomic E-state index is -0.508. The first-order valence-electron chi connectivity index (χ1n) is 5.83. The molecule has 2 rings (SSSR count). The molecule has 1 atom stereocenters. The first-order valence-corrected chi connectivity index (χ1v) is 5.83. The Morgan fingerprint density at radius 1 is 1.44 bits per heavy atom. The molecule has 0 aliphatic carbocycles. The molecule has 0 spiro atoms. The summed E-state index contributed by atoms with van der Waals surface area (Å²) >= 11 is 0. The number of fused-ring (bicyclic) bond motifs is 1. The van der Waals surface area contributed by atoms with Crippen molar-refractivity contribution in [2.24, 2.45) is 5.73 Å². The minimum Gasteiger partial charge on any atom is -0.368 e. The van der Waals surface area contributed by atoms with Gasteiger partial charge in [-0.25, -0.2) is 0 Å². The van der Waals surface area contributed by atoms with Crippen molar-refractivity contribution < 1.29 is 9.59 Å². The number of nitrogens with two attached hydrogens (primary N) is 1. The van der Waals surface area contributed by atoms with Crippen LogP contribution in [0.2, 0.25) is 0 Å². The predicted octanol–water partition coefficient (Wildman–Crippen LogP) is 0.396. The average molecular weight is 247 g/mol. The SMILES string of the molecule is CNC1C(=O)N(CC(N)=O)c2c(C)cc(C)cc21. The number of anilines is 1. The van der Waals surface area contributed by atoms with Crippen LogP contribution < -0.4 is 16.0 Å². The normalized spacial score (nSPS) is 18.1. The number of likely N-dealkylation sites (N-methyl/N-ethyl adjacent to an activating group) is 1. The number of amides is 2. The fourth-order valence-corrected chi connectivity index (χ4v) is 2.57. The summed E-state index contributed by atoms with van der Waals surface area (Å²) < 4.78 is 0. The van der Waals surface area contributed by atoms with Crippen molar-refractivity contribution in [3.8, 4) is 0 Å². The molecule has 5 nitrogen and oxygen atoms in total. The third-order valence-electron chi connectivity index (χ3n) is 3.17. The lowest BCUT2D eigenvalue weighted by atomic mass is 10.0. The predicted molar refractivity (Wildman–Crippen MR) is 69.3 cm³/mol. The number of benzene rings is 1. The Morgan fingerprint density at radius 2 is 2.11 bits per heavy atom. The Morgan fingerprint density at radius 3 is 2.67 bits per heavy atom. The van der Waals surface area contributed by atoms with Gasteiger partial charge in [-0.1, -0.05) is 17.7 Å². The Kier molecular flexibility index (Phi) is 3.09. The van der Waals surface area contributed by atoms with Gasteiger partial charge in [0, 0.05) is 5.56 Å². The smallest absolute Gasteiger partial charge is 0.249 e. The van der Waals surface area contributed by atoms with Crippen LogP contribution in [0.3, 0.4) is 0 Å². The van der Waals surface area contributed by atoms with Crippen LogP contribution in [-0.4, -0.2) is 25.4 Å². The Balaban J connectivity index is 2.56. The first kappa shape index (κ1) is 12.6. The van der Waals surface area contributed by atoms with Crippen molar-refractivity contribution in [2.45, 2.75) is 19.9 Å². The molecule has 96 valence electrons. The van der Waals surface area contributed by atoms with E-state index in [4.69, 9.17) is 5.73 Å². The maximum atomic E-state index is 12.2. The maximum absolute atomic E-state index is 12.2. The van der Waals surface area contributed by atoms with Gasteiger partial charge in [-0.05, 0) is 26.5 Å². The van der Waals surface area contributed by atoms with E-state index >= 15 is 0 Å². The number of nitrogens with one attached hydrogen (secondary N) is 1. The van der Waals surface area contributed by atoms with E-state index in [1.165, 1.54) is 4.90 Å². The molecule has 0 saturated carbocycles. The highest BCUT2D eigenvalue weighted by Crippen LogP contribution is 2.38. The van der Waals surface area contributed by atoms with Crippen LogP contribution in [0.15, 0.2) is 12.1 Å². The van der Waals surface area contributed by atoms with Crippen molar-refractivity contribution in [1.29, 1.82) is 0 Å². The molecule has 1 aliphatic heterocycles. The van der Waals surface area contributed by atoms with Crippen LogP contribution in [0, 0.1) is 13.8 Å². The van der Waals surface area contributed by atoms with Crippen molar-refractivity contribution in [1.82, 2.24) is 5.32 Å². The second-order valence-electron chi connectivity index (χ2n) is 4.63. The molecule has 0 bridgehead atoms. The first-order chi connectivity index (χ1) is 8.45. The highest BCUT2D eigenvalue weighted by Gasteiger charge is 2.38. The van der Waals surface area contributed by atoms with Crippen LogP contribution in [0.1, 0.15) is 22.7 Å². The zero-order valence-electron chi connectivity index (χ0n) is 10.8. The van der Waals surface area contributed by atoms with Gasteiger partial charge < -0.3 is 16.0 Å². The number of primary amides is 1. The summed E-state index contributed by atoms with van der Waals surface area (Å²) in [6.45, 7) is 3.85. The summed E-state index contributed by atoms with van der Waals surface area (Å²) in [6, 6.07) is 3.58. The monoisotopic (exact) mass is 247 g/mol. The molecule has 1 aromatic rings. The average Bonchev–Trinajstić information content (AvgIpc) is 2.51. The minimum absolute atomic E-state index is 0.0755. The molecule has 2 amide bonds. The van der Waals surface area contributed by atoms with Gasteiger partial charge in [-0.15, -0.1) is 0 Å². The molecule has 5 heteroatoms. The van der Waals surface area contributed by atoms with E-state index < -0.39 is 11.9 Å². The van der Waals surface area contributed by atoms with Crippen molar-refractivity contribution in [2.75, 3.05) is 18.5 Å². The molecule has 18 heavy (non-hydrogen) atoms. The Labute approximate surface area is 106 Å². The van der Waals surface area contributed by atoms with Crippen LogP contribution in [0.5, 0.6) is 0 Å². The summed E-state index contributed by atoms with van der Waals surface area (Å²) in [5.74, 6) is -0.633. The third-order valence-corrected chi connectivity index (χ3v) is 3.17. The van der Waals surface area contributed by atoms with Crippen LogP contribution in [0.4, 0.5) is 5.69 Å². The molecule has 1 aromatic carbocycles. The number of nitrogens with zero attached hydrogens (tertiary/aromatic N) is 1. The van der Waals surface area contributed by atoms with Crippen molar-refractivity contribution in [3.63, 3.8) is 0 Å². The topological polar surface area (TPSA) is 75.4 Å². The lowest BCUT2D eigenvalue weighted by molar-refractivity contribution is -0.123. The Bertz CT molecular complexity index is 525. The molecule has 0 aromatic heterocycles. The number of aryl methyl sites for hydroxylation is 2. The van der Waals surface area contributed by atoms with E-state index in [1.807, 2.05) is 26.0 Å². The Hall–Kier alpha value is -1.88. The van der Waals surface area contributed by atoms with Crippen molar-refractivity contribution in [3.05, 3.63) is 28.8 Å². The van der Waals surface area contributed by atoms with E-state index in [9.17, 15) is 9.59 Å². The molecule has 3 N–H and O–H groups in total. The maximum Gasteiger partial charge on any atom is 0.249 e. The fourth-order valence-electron chi connectivity index (χ4n) is 2.57. The van der Waals surface area contributed by atoms with Gasteiger partial charge in [0.15, 0.2) is 0 Å². The highest BCUT2D eigenvalue weighted by molar-refractivity contribution is 6.08. The third kappa shape index (κ3) is 1.86. The molecule has 0 fully saturated rings. The second kappa shape index (κ2) is 4.42. The molecule has 0 saturated heterocycles. The summed E-state index contributed by atoms with van der Waals surface area (Å²) in [6.07, 6.45) is 0. The number of hydrogen-bond acceptors (Lipinski definition) is 3. The van der Waals surface area contributed by atoms with Gasteiger partial charge in [-0.2, -0.15) is 0 Å². The summed E-state index contributed by atoms with van der Waals surface area (Å²) in [4.78, 5) is 24.8. The lowest BCUT2D eigenvalue weighted by Gasteiger charge is -2.17. The highest BCUT2D eigenvalue weighted by atomic mass is 16.2. The van der Waals surface area contributed by atoms with Crippen LogP contribution >= 0.6 is 0 Å². The van der Waals surface area contributed by atoms with Gasteiger partial charge >= 0.3 is 0 Å². The fraction of sp³-hybridized carbons (Fsp3) is 0.385. The van der Waals surface area contributed by atoms with Crippen molar-refractivity contribution >= 4 is 17.5 Å². The van der Waals surface area contributed by atoms with Crippen LogP contribution in [-0.2, 0) is 9.59 Å². The van der Waals surface area contributed by atoms with Gasteiger partial charge in [0.2, 0.25) is 11.8 Å². The summed E-state index contributed by atoms with van der Waals surface area (Å²) in [7, 11) is 1.73. The largest absolute Gasteiger partial charge is 0.368 e. The number of rotatable bonds is 3.